The normalized spacial score (nSPS) is 10.7. The molecule has 0 fully saturated rings. The lowest BCUT2D eigenvalue weighted by Crippen LogP contribution is -2.32. The minimum absolute atomic E-state index is 0.0806. The standard InChI is InChI=1S/C20H22BrFN2O2/c1-5-9-24(11-14-10-15(21)7-8-17(14)22)20(26)19-16(6-2)18(13(4)25)12(3)23-19/h5,7-8,10,23H,1,6,9,11H2,2-4H3. The van der Waals surface area contributed by atoms with Crippen LogP contribution in [-0.4, -0.2) is 28.1 Å². The minimum atomic E-state index is -0.377. The van der Waals surface area contributed by atoms with Crippen LogP contribution in [0.1, 0.15) is 51.5 Å². The molecule has 0 radical (unpaired) electrons. The molecule has 26 heavy (non-hydrogen) atoms. The number of halogens is 2. The maximum Gasteiger partial charge on any atom is 0.271 e. The van der Waals surface area contributed by atoms with E-state index in [0.717, 1.165) is 4.47 Å². The maximum atomic E-state index is 14.1. The molecule has 2 aromatic rings. The van der Waals surface area contributed by atoms with Crippen LogP contribution in [0.2, 0.25) is 0 Å². The summed E-state index contributed by atoms with van der Waals surface area (Å²) in [6.07, 6.45) is 2.15. The zero-order valence-corrected chi connectivity index (χ0v) is 16.7. The summed E-state index contributed by atoms with van der Waals surface area (Å²) in [6.45, 7) is 9.22. The molecule has 0 aliphatic heterocycles. The third-order valence-electron chi connectivity index (χ3n) is 4.22. The van der Waals surface area contributed by atoms with Crippen LogP contribution in [0.3, 0.4) is 0 Å². The van der Waals surface area contributed by atoms with Gasteiger partial charge in [-0.15, -0.1) is 6.58 Å². The van der Waals surface area contributed by atoms with E-state index in [9.17, 15) is 14.0 Å². The van der Waals surface area contributed by atoms with E-state index in [1.165, 1.54) is 17.9 Å². The molecular formula is C20H22BrFN2O2. The van der Waals surface area contributed by atoms with Crippen LogP contribution in [0, 0.1) is 12.7 Å². The van der Waals surface area contributed by atoms with Crippen molar-refractivity contribution in [2.45, 2.75) is 33.7 Å². The van der Waals surface area contributed by atoms with Crippen LogP contribution in [0.25, 0.3) is 0 Å². The predicted molar refractivity (Wildman–Crippen MR) is 104 cm³/mol. The van der Waals surface area contributed by atoms with Crippen LogP contribution in [0.4, 0.5) is 4.39 Å². The first kappa shape index (κ1) is 20.1. The first-order chi connectivity index (χ1) is 12.3. The third kappa shape index (κ3) is 4.12. The van der Waals surface area contributed by atoms with E-state index >= 15 is 0 Å². The fraction of sp³-hybridized carbons (Fsp3) is 0.300. The average molecular weight is 421 g/mol. The number of Topliss-reactive ketones (excluding diaryl/α,β-unsaturated/α-hetero) is 1. The molecule has 0 bridgehead atoms. The highest BCUT2D eigenvalue weighted by Crippen LogP contribution is 2.23. The molecule has 0 atom stereocenters. The van der Waals surface area contributed by atoms with Crippen molar-refractivity contribution in [1.29, 1.82) is 0 Å². The molecule has 6 heteroatoms. The number of hydrogen-bond acceptors (Lipinski definition) is 2. The number of amides is 1. The summed E-state index contributed by atoms with van der Waals surface area (Å²) >= 11 is 3.32. The number of carbonyl (C=O) groups is 2. The molecule has 2 rings (SSSR count). The lowest BCUT2D eigenvalue weighted by Gasteiger charge is -2.22. The number of aromatic nitrogens is 1. The summed E-state index contributed by atoms with van der Waals surface area (Å²) in [4.78, 5) is 29.6. The Hall–Kier alpha value is -2.21. The summed E-state index contributed by atoms with van der Waals surface area (Å²) in [5.41, 5.74) is 2.71. The number of ketones is 1. The van der Waals surface area contributed by atoms with E-state index in [1.54, 1.807) is 25.1 Å². The number of benzene rings is 1. The fourth-order valence-electron chi connectivity index (χ4n) is 3.09. The largest absolute Gasteiger partial charge is 0.354 e. The smallest absolute Gasteiger partial charge is 0.271 e. The van der Waals surface area contributed by atoms with Crippen LogP contribution < -0.4 is 0 Å². The molecule has 1 amide bonds. The van der Waals surface area contributed by atoms with Gasteiger partial charge in [-0.05, 0) is 44.0 Å². The third-order valence-corrected chi connectivity index (χ3v) is 4.71. The Morgan fingerprint density at radius 3 is 2.65 bits per heavy atom. The van der Waals surface area contributed by atoms with E-state index in [-0.39, 0.29) is 30.6 Å². The summed E-state index contributed by atoms with van der Waals surface area (Å²) in [5, 5.41) is 0. The highest BCUT2D eigenvalue weighted by Gasteiger charge is 2.25. The van der Waals surface area contributed by atoms with Crippen molar-refractivity contribution in [3.63, 3.8) is 0 Å². The molecule has 0 spiro atoms. The topological polar surface area (TPSA) is 53.2 Å². The number of aryl methyl sites for hydroxylation is 1. The second-order valence-corrected chi connectivity index (χ2v) is 7.01. The van der Waals surface area contributed by atoms with Crippen molar-refractivity contribution in [2.75, 3.05) is 6.54 Å². The van der Waals surface area contributed by atoms with Gasteiger partial charge in [-0.3, -0.25) is 9.59 Å². The van der Waals surface area contributed by atoms with Gasteiger partial charge in [-0.1, -0.05) is 28.9 Å². The van der Waals surface area contributed by atoms with Crippen molar-refractivity contribution in [3.05, 3.63) is 69.2 Å². The minimum Gasteiger partial charge on any atom is -0.354 e. The lowest BCUT2D eigenvalue weighted by molar-refractivity contribution is 0.0755. The zero-order chi connectivity index (χ0) is 19.4. The molecule has 0 saturated heterocycles. The fourth-order valence-corrected chi connectivity index (χ4v) is 3.50. The summed E-state index contributed by atoms with van der Waals surface area (Å²) < 4.78 is 14.9. The van der Waals surface area contributed by atoms with E-state index < -0.39 is 0 Å². The van der Waals surface area contributed by atoms with Gasteiger partial charge in [0.05, 0.1) is 0 Å². The lowest BCUT2D eigenvalue weighted by atomic mass is 10.0. The molecular weight excluding hydrogens is 399 g/mol. The first-order valence-electron chi connectivity index (χ1n) is 8.36. The SMILES string of the molecule is C=CCN(Cc1cc(Br)ccc1F)C(=O)c1[nH]c(C)c(C(C)=O)c1CC. The summed E-state index contributed by atoms with van der Waals surface area (Å²) in [7, 11) is 0. The van der Waals surface area contributed by atoms with Crippen LogP contribution in [-0.2, 0) is 13.0 Å². The second kappa shape index (κ2) is 8.45. The van der Waals surface area contributed by atoms with Crippen molar-refractivity contribution in [2.24, 2.45) is 0 Å². The Kier molecular flexibility index (Phi) is 6.53. The molecule has 0 unspecified atom stereocenters. The van der Waals surface area contributed by atoms with E-state index in [2.05, 4.69) is 27.5 Å². The van der Waals surface area contributed by atoms with Gasteiger partial charge in [-0.25, -0.2) is 4.39 Å². The maximum absolute atomic E-state index is 14.1. The number of H-pyrrole nitrogens is 1. The Labute approximate surface area is 161 Å². The van der Waals surface area contributed by atoms with Gasteiger partial charge in [0.1, 0.15) is 11.5 Å². The Morgan fingerprint density at radius 1 is 1.38 bits per heavy atom. The van der Waals surface area contributed by atoms with E-state index in [1.807, 2.05) is 6.92 Å². The van der Waals surface area contributed by atoms with Crippen LogP contribution in [0.5, 0.6) is 0 Å². The molecule has 0 aliphatic carbocycles. The molecule has 1 aromatic carbocycles. The molecule has 138 valence electrons. The Bertz CT molecular complexity index is 858. The Morgan fingerprint density at radius 2 is 2.08 bits per heavy atom. The van der Waals surface area contributed by atoms with Crippen LogP contribution >= 0.6 is 15.9 Å². The number of carbonyl (C=O) groups excluding carboxylic acids is 2. The monoisotopic (exact) mass is 420 g/mol. The molecule has 1 N–H and O–H groups in total. The first-order valence-corrected chi connectivity index (χ1v) is 9.15. The van der Waals surface area contributed by atoms with Crippen molar-refractivity contribution < 1.29 is 14.0 Å². The molecule has 4 nitrogen and oxygen atoms in total. The zero-order valence-electron chi connectivity index (χ0n) is 15.2. The number of nitrogens with zero attached hydrogens (tertiary/aromatic N) is 1. The number of hydrogen-bond donors (Lipinski definition) is 1. The highest BCUT2D eigenvalue weighted by atomic mass is 79.9. The van der Waals surface area contributed by atoms with E-state index in [0.29, 0.717) is 34.5 Å². The van der Waals surface area contributed by atoms with Gasteiger partial charge in [0.15, 0.2) is 5.78 Å². The Balaban J connectivity index is 2.43. The molecule has 0 saturated carbocycles. The van der Waals surface area contributed by atoms with Crippen molar-refractivity contribution in [1.82, 2.24) is 9.88 Å². The van der Waals surface area contributed by atoms with Gasteiger partial charge >= 0.3 is 0 Å². The van der Waals surface area contributed by atoms with Gasteiger partial charge < -0.3 is 9.88 Å². The average Bonchev–Trinajstić information content (AvgIpc) is 2.93. The number of aromatic amines is 1. The molecule has 0 aliphatic rings. The van der Waals surface area contributed by atoms with Gasteiger partial charge in [0.25, 0.3) is 5.91 Å². The molecule has 1 aromatic heterocycles. The number of nitrogens with one attached hydrogen (secondary N) is 1. The summed E-state index contributed by atoms with van der Waals surface area (Å²) in [5.74, 6) is -0.738. The van der Waals surface area contributed by atoms with Crippen LogP contribution in [0.15, 0.2) is 35.3 Å². The van der Waals surface area contributed by atoms with Gasteiger partial charge in [0.2, 0.25) is 0 Å². The quantitative estimate of drug-likeness (QED) is 0.515. The van der Waals surface area contributed by atoms with Gasteiger partial charge in [0, 0.05) is 34.4 Å². The highest BCUT2D eigenvalue weighted by molar-refractivity contribution is 9.10. The van der Waals surface area contributed by atoms with Crippen molar-refractivity contribution in [3.8, 4) is 0 Å². The van der Waals surface area contributed by atoms with E-state index in [4.69, 9.17) is 0 Å². The number of rotatable bonds is 7. The van der Waals surface area contributed by atoms with Gasteiger partial charge in [-0.2, -0.15) is 0 Å². The summed E-state index contributed by atoms with van der Waals surface area (Å²) in [6, 6.07) is 4.63. The van der Waals surface area contributed by atoms with Crippen molar-refractivity contribution >= 4 is 27.6 Å². The molecule has 1 heterocycles. The second-order valence-electron chi connectivity index (χ2n) is 6.10. The predicted octanol–water partition coefficient (Wildman–Crippen LogP) is 4.82.